The Morgan fingerprint density at radius 1 is 0.378 bits per heavy atom. The fourth-order valence-corrected chi connectivity index (χ4v) is 14.6. The van der Waals surface area contributed by atoms with Crippen molar-refractivity contribution in [2.75, 3.05) is 19.8 Å². The summed E-state index contributed by atoms with van der Waals surface area (Å²) >= 11 is 0. The summed E-state index contributed by atoms with van der Waals surface area (Å²) in [5, 5.41) is 26.3. The molecule has 2 heterocycles. The molecule has 488 valence electrons. The standard InChI is InChI=1S/C83H116N2O5/c1-4-7-10-13-16-19-22-25-28-31-34-37-40-43-56-88-74-59-66(60-75(89-57-44-41-38-35-32-29-26-23-20-17-14-11-8-5-2)83(74)90-58-45-42-39-36-33-30-27-24-21-18-15-12-9-6-3)70-54-55-71(85-70)72(86)61-73(87)82-79-68-53-51-65-49-47-63-46-48-64-50-52-67(69(79)62-84-82)80-77(64)76(63)78(65)81(68)80/h46-55,59-62,84-85,87H,4-45,56-58H2,1-3H3/b73-61+. The molecule has 90 heavy (non-hydrogen) atoms. The van der Waals surface area contributed by atoms with E-state index in [1.54, 1.807) is 0 Å². The van der Waals surface area contributed by atoms with E-state index in [0.717, 1.165) is 71.3 Å². The van der Waals surface area contributed by atoms with Crippen molar-refractivity contribution in [1.82, 2.24) is 9.97 Å². The monoisotopic (exact) mass is 1220 g/mol. The first-order valence-electron chi connectivity index (χ1n) is 37.4. The average molecular weight is 1220 g/mol. The van der Waals surface area contributed by atoms with Gasteiger partial charge in [-0.1, -0.05) is 320 Å². The van der Waals surface area contributed by atoms with Gasteiger partial charge >= 0.3 is 0 Å². The van der Waals surface area contributed by atoms with Crippen LogP contribution in [0.4, 0.5) is 0 Å². The average Bonchev–Trinajstić information content (AvgIpc) is 1.52. The first-order chi connectivity index (χ1) is 44.5. The maximum atomic E-state index is 14.4. The highest BCUT2D eigenvalue weighted by molar-refractivity contribution is 6.48. The van der Waals surface area contributed by atoms with Gasteiger partial charge in [0.2, 0.25) is 11.5 Å². The number of carbonyl (C=O) groups excluding carboxylic acids is 1. The van der Waals surface area contributed by atoms with Gasteiger partial charge in [0, 0.05) is 34.3 Å². The Morgan fingerprint density at radius 2 is 0.722 bits per heavy atom. The summed E-state index contributed by atoms with van der Waals surface area (Å²) in [6.07, 6.45) is 58.5. The first kappa shape index (κ1) is 68.4. The molecule has 0 radical (unpaired) electrons. The van der Waals surface area contributed by atoms with Gasteiger partial charge in [0.15, 0.2) is 11.5 Å². The number of hydrogen-bond acceptors (Lipinski definition) is 5. The van der Waals surface area contributed by atoms with Crippen LogP contribution in [0.15, 0.2) is 85.1 Å². The molecule has 3 N–H and O–H groups in total. The third-order valence-corrected chi connectivity index (χ3v) is 19.9. The fourth-order valence-electron chi connectivity index (χ4n) is 14.6. The number of nitrogens with one attached hydrogen (secondary N) is 2. The Labute approximate surface area is 542 Å². The van der Waals surface area contributed by atoms with E-state index in [9.17, 15) is 9.90 Å². The molecule has 9 rings (SSSR count). The number of rotatable bonds is 52. The molecule has 9 aromatic rings. The third-order valence-electron chi connectivity index (χ3n) is 19.9. The molecular weight excluding hydrogens is 1100 g/mol. The highest BCUT2D eigenvalue weighted by Gasteiger charge is 2.25. The zero-order valence-electron chi connectivity index (χ0n) is 56.5. The summed E-state index contributed by atoms with van der Waals surface area (Å²) < 4.78 is 20.4. The zero-order chi connectivity index (χ0) is 62.4. The molecule has 0 bridgehead atoms. The largest absolute Gasteiger partial charge is 0.506 e. The van der Waals surface area contributed by atoms with Crippen molar-refractivity contribution in [2.24, 2.45) is 0 Å². The minimum absolute atomic E-state index is 0.0957. The molecule has 7 nitrogen and oxygen atoms in total. The van der Waals surface area contributed by atoms with Gasteiger partial charge in [-0.15, -0.1) is 0 Å². The maximum absolute atomic E-state index is 14.4. The number of aliphatic hydroxyl groups excluding tert-OH is 1. The smallest absolute Gasteiger partial charge is 0.205 e. The van der Waals surface area contributed by atoms with Gasteiger partial charge in [0.1, 0.15) is 5.76 Å². The van der Waals surface area contributed by atoms with E-state index in [1.807, 2.05) is 18.3 Å². The molecule has 0 aliphatic rings. The SMILES string of the molecule is CCCCCCCCCCCCCCCCOc1cc(-c2ccc(C(=O)/C=C(/O)c3[nH]cc4c5ccc6ccc7ccc8ccc(c34)c3c8c7c6c53)[nH]2)cc(OCCCCCCCCCCCCCCCC)c1OCCCCCCCCCCCCCCCC. The fraction of sp³-hybridized carbons (Fsp3) is 0.578. The third kappa shape index (κ3) is 19.3. The molecular formula is C83H116N2O5. The lowest BCUT2D eigenvalue weighted by Gasteiger charge is -2.19. The molecule has 0 atom stereocenters. The van der Waals surface area contributed by atoms with Crippen LogP contribution in [0.1, 0.15) is 307 Å². The summed E-state index contributed by atoms with van der Waals surface area (Å²) in [5.41, 5.74) is 2.58. The van der Waals surface area contributed by atoms with Crippen molar-refractivity contribution in [3.05, 3.63) is 96.5 Å². The van der Waals surface area contributed by atoms with E-state index < -0.39 is 0 Å². The van der Waals surface area contributed by atoms with Gasteiger partial charge in [0.25, 0.3) is 0 Å². The van der Waals surface area contributed by atoms with Crippen LogP contribution in [0.5, 0.6) is 17.2 Å². The lowest BCUT2D eigenvalue weighted by molar-refractivity contribution is 0.104. The number of aromatic nitrogens is 2. The molecule has 0 saturated carbocycles. The van der Waals surface area contributed by atoms with Crippen LogP contribution < -0.4 is 14.2 Å². The number of benzene rings is 6. The van der Waals surface area contributed by atoms with Crippen LogP contribution in [0.3, 0.4) is 0 Å². The Hall–Kier alpha value is -5.95. The van der Waals surface area contributed by atoms with Crippen LogP contribution in [0.25, 0.3) is 81.7 Å². The maximum Gasteiger partial charge on any atom is 0.205 e. The molecule has 7 heteroatoms. The molecule has 0 fully saturated rings. The first-order valence-corrected chi connectivity index (χ1v) is 37.4. The number of hydrogen-bond donors (Lipinski definition) is 3. The normalized spacial score (nSPS) is 12.3. The minimum atomic E-state index is -0.311. The molecule has 0 spiro atoms. The Morgan fingerprint density at radius 3 is 1.13 bits per heavy atom. The molecule has 0 aliphatic heterocycles. The quantitative estimate of drug-likeness (QED) is 0.0116. The highest BCUT2D eigenvalue weighted by Crippen LogP contribution is 2.51. The van der Waals surface area contributed by atoms with Gasteiger partial charge < -0.3 is 29.3 Å². The van der Waals surface area contributed by atoms with Crippen molar-refractivity contribution in [3.8, 4) is 28.5 Å². The van der Waals surface area contributed by atoms with Gasteiger partial charge in [-0.3, -0.25) is 4.79 Å². The summed E-state index contributed by atoms with van der Waals surface area (Å²) in [6.45, 7) is 8.70. The Kier molecular flexibility index (Phi) is 29.0. The number of ether oxygens (including phenoxy) is 3. The molecule has 2 aromatic heterocycles. The summed E-state index contributed by atoms with van der Waals surface area (Å²) in [4.78, 5) is 21.2. The minimum Gasteiger partial charge on any atom is -0.506 e. The predicted octanol–water partition coefficient (Wildman–Crippen LogP) is 26.6. The zero-order valence-corrected chi connectivity index (χ0v) is 56.5. The van der Waals surface area contributed by atoms with E-state index >= 15 is 0 Å². The van der Waals surface area contributed by atoms with Gasteiger partial charge in [-0.2, -0.15) is 0 Å². The number of unbranched alkanes of at least 4 members (excludes halogenated alkanes) is 39. The van der Waals surface area contributed by atoms with E-state index in [1.165, 1.54) is 280 Å². The van der Waals surface area contributed by atoms with Crippen LogP contribution >= 0.6 is 0 Å². The van der Waals surface area contributed by atoms with Crippen LogP contribution in [0, 0.1) is 0 Å². The van der Waals surface area contributed by atoms with Crippen LogP contribution in [-0.2, 0) is 0 Å². The van der Waals surface area contributed by atoms with Crippen molar-refractivity contribution < 1.29 is 24.1 Å². The predicted molar refractivity (Wildman–Crippen MR) is 388 cm³/mol. The van der Waals surface area contributed by atoms with E-state index in [0.29, 0.717) is 48.5 Å². The number of allylic oxidation sites excluding steroid dienone is 1. The second kappa shape index (κ2) is 38.2. The Balaban J connectivity index is 0.866. The number of carbonyl (C=O) groups is 1. The number of H-pyrrole nitrogens is 2. The van der Waals surface area contributed by atoms with E-state index in [4.69, 9.17) is 14.2 Å². The summed E-state index contributed by atoms with van der Waals surface area (Å²) in [5.74, 6) is 1.68. The molecule has 0 amide bonds. The number of aromatic amines is 2. The van der Waals surface area contributed by atoms with Crippen LogP contribution in [0.2, 0.25) is 0 Å². The van der Waals surface area contributed by atoms with Gasteiger partial charge in [-0.05, 0) is 97.4 Å². The van der Waals surface area contributed by atoms with Gasteiger partial charge in [-0.25, -0.2) is 0 Å². The molecule has 0 unspecified atom stereocenters. The molecule has 0 saturated heterocycles. The highest BCUT2D eigenvalue weighted by atomic mass is 16.5. The second-order valence-electron chi connectivity index (χ2n) is 27.2. The van der Waals surface area contributed by atoms with Crippen molar-refractivity contribution >= 4 is 76.2 Å². The lowest BCUT2D eigenvalue weighted by Crippen LogP contribution is -2.07. The van der Waals surface area contributed by atoms with Crippen molar-refractivity contribution in [3.63, 3.8) is 0 Å². The van der Waals surface area contributed by atoms with Crippen molar-refractivity contribution in [2.45, 2.75) is 290 Å². The lowest BCUT2D eigenvalue weighted by atomic mass is 9.94. The van der Waals surface area contributed by atoms with E-state index in [-0.39, 0.29) is 11.5 Å². The van der Waals surface area contributed by atoms with Gasteiger partial charge in [0.05, 0.1) is 31.2 Å². The number of fused-ring (bicyclic) bond motifs is 3. The summed E-state index contributed by atoms with van der Waals surface area (Å²) in [7, 11) is 0. The van der Waals surface area contributed by atoms with Crippen molar-refractivity contribution in [1.29, 1.82) is 0 Å². The van der Waals surface area contributed by atoms with E-state index in [2.05, 4.69) is 91.4 Å². The number of ketones is 1. The topological polar surface area (TPSA) is 96.6 Å². The molecule has 7 aromatic carbocycles. The molecule has 0 aliphatic carbocycles. The van der Waals surface area contributed by atoms with Crippen LogP contribution in [-0.4, -0.2) is 40.7 Å². The second-order valence-corrected chi connectivity index (χ2v) is 27.2. The number of aliphatic hydroxyl groups is 1. The Bertz CT molecular complexity index is 3410. The summed E-state index contributed by atoms with van der Waals surface area (Å²) in [6, 6.07) is 25.7.